The first-order valence-corrected chi connectivity index (χ1v) is 7.08. The van der Waals surface area contributed by atoms with E-state index in [9.17, 15) is 8.42 Å². The maximum atomic E-state index is 11.2. The predicted molar refractivity (Wildman–Crippen MR) is 63.6 cm³/mol. The molecule has 6 heteroatoms. The number of nitrogen functional groups attached to an aromatic ring is 1. The van der Waals surface area contributed by atoms with Crippen LogP contribution in [-0.2, 0) is 9.84 Å². The third-order valence-corrected chi connectivity index (χ3v) is 4.43. The number of nitrogens with two attached hydrogens (primary N) is 1. The number of rotatable bonds is 2. The summed E-state index contributed by atoms with van der Waals surface area (Å²) >= 11 is 5.80. The van der Waals surface area contributed by atoms with Gasteiger partial charge in [0.05, 0.1) is 17.2 Å². The van der Waals surface area contributed by atoms with Crippen LogP contribution in [0.25, 0.3) is 0 Å². The molecule has 0 radical (unpaired) electrons. The normalized spacial score (nSPS) is 23.2. The molecule has 0 bridgehead atoms. The number of anilines is 1. The Morgan fingerprint density at radius 1 is 1.44 bits per heavy atom. The highest BCUT2D eigenvalue weighted by Crippen LogP contribution is 2.28. The van der Waals surface area contributed by atoms with Crippen molar-refractivity contribution in [3.8, 4) is 5.75 Å². The topological polar surface area (TPSA) is 69.4 Å². The largest absolute Gasteiger partial charge is 0.487 e. The molecular weight excluding hydrogens is 250 g/mol. The van der Waals surface area contributed by atoms with Gasteiger partial charge in [0.2, 0.25) is 0 Å². The number of halogens is 1. The van der Waals surface area contributed by atoms with E-state index in [1.165, 1.54) is 0 Å². The molecule has 1 aliphatic heterocycles. The van der Waals surface area contributed by atoms with E-state index in [2.05, 4.69) is 0 Å². The van der Waals surface area contributed by atoms with Crippen molar-refractivity contribution >= 4 is 27.1 Å². The van der Waals surface area contributed by atoms with Crippen LogP contribution >= 0.6 is 11.6 Å². The second kappa shape index (κ2) is 4.14. The van der Waals surface area contributed by atoms with Crippen LogP contribution in [0.4, 0.5) is 5.69 Å². The zero-order chi connectivity index (χ0) is 11.8. The lowest BCUT2D eigenvalue weighted by atomic mass is 10.3. The second-order valence-electron chi connectivity index (χ2n) is 3.83. The minimum absolute atomic E-state index is 0.0545. The summed E-state index contributed by atoms with van der Waals surface area (Å²) in [5.74, 6) is 0.687. The van der Waals surface area contributed by atoms with Gasteiger partial charge >= 0.3 is 0 Å². The van der Waals surface area contributed by atoms with E-state index in [1.807, 2.05) is 0 Å². The van der Waals surface area contributed by atoms with Crippen molar-refractivity contribution in [2.75, 3.05) is 17.2 Å². The maximum Gasteiger partial charge on any atom is 0.154 e. The Labute approximate surface area is 99.3 Å². The molecule has 1 atom stereocenters. The summed E-state index contributed by atoms with van der Waals surface area (Å²) < 4.78 is 28.0. The van der Waals surface area contributed by atoms with Gasteiger partial charge < -0.3 is 10.5 Å². The first-order valence-electron chi connectivity index (χ1n) is 4.88. The van der Waals surface area contributed by atoms with Crippen LogP contribution in [0.3, 0.4) is 0 Å². The van der Waals surface area contributed by atoms with Crippen molar-refractivity contribution in [3.05, 3.63) is 23.2 Å². The summed E-state index contributed by atoms with van der Waals surface area (Å²) in [6.45, 7) is 0. The summed E-state index contributed by atoms with van der Waals surface area (Å²) in [6.07, 6.45) is 0.194. The van der Waals surface area contributed by atoms with Crippen LogP contribution in [0.5, 0.6) is 5.75 Å². The fourth-order valence-electron chi connectivity index (χ4n) is 1.64. The highest BCUT2D eigenvalue weighted by Gasteiger charge is 2.29. The van der Waals surface area contributed by atoms with Crippen molar-refractivity contribution in [1.82, 2.24) is 0 Å². The van der Waals surface area contributed by atoms with Gasteiger partial charge in [0, 0.05) is 11.1 Å². The lowest BCUT2D eigenvalue weighted by Crippen LogP contribution is -2.18. The number of sulfone groups is 1. The SMILES string of the molecule is Nc1ccc(Cl)cc1OC1CCS(=O)(=O)C1. The molecule has 1 heterocycles. The number of ether oxygens (including phenoxy) is 1. The average molecular weight is 262 g/mol. The highest BCUT2D eigenvalue weighted by atomic mass is 35.5. The first kappa shape index (κ1) is 11.5. The third-order valence-electron chi connectivity index (χ3n) is 2.46. The summed E-state index contributed by atoms with van der Waals surface area (Å²) in [7, 11) is -2.94. The molecular formula is C10H12ClNO3S. The first-order chi connectivity index (χ1) is 7.46. The van der Waals surface area contributed by atoms with Crippen LogP contribution in [0.15, 0.2) is 18.2 Å². The van der Waals surface area contributed by atoms with Crippen LogP contribution in [0.1, 0.15) is 6.42 Å². The quantitative estimate of drug-likeness (QED) is 0.819. The summed E-state index contributed by atoms with van der Waals surface area (Å²) in [6, 6.07) is 4.90. The lowest BCUT2D eigenvalue weighted by Gasteiger charge is -2.13. The van der Waals surface area contributed by atoms with Crippen molar-refractivity contribution in [1.29, 1.82) is 0 Å². The molecule has 0 aromatic heterocycles. The minimum atomic E-state index is -2.94. The molecule has 2 rings (SSSR count). The fraction of sp³-hybridized carbons (Fsp3) is 0.400. The van der Waals surface area contributed by atoms with Crippen molar-refractivity contribution in [2.45, 2.75) is 12.5 Å². The molecule has 0 saturated carbocycles. The zero-order valence-corrected chi connectivity index (χ0v) is 10.1. The molecule has 0 aliphatic carbocycles. The Hall–Kier alpha value is -0.940. The average Bonchev–Trinajstić information content (AvgIpc) is 2.52. The Bertz CT molecular complexity index is 501. The summed E-state index contributed by atoms with van der Waals surface area (Å²) in [5.41, 5.74) is 6.17. The van der Waals surface area contributed by atoms with E-state index in [4.69, 9.17) is 22.1 Å². The van der Waals surface area contributed by atoms with Gasteiger partial charge in [0.25, 0.3) is 0 Å². The summed E-state index contributed by atoms with van der Waals surface area (Å²) in [4.78, 5) is 0. The molecule has 1 saturated heterocycles. The molecule has 4 nitrogen and oxygen atoms in total. The summed E-state index contributed by atoms with van der Waals surface area (Å²) in [5, 5.41) is 0.519. The van der Waals surface area contributed by atoms with E-state index < -0.39 is 9.84 Å². The van der Waals surface area contributed by atoms with Crippen molar-refractivity contribution in [2.24, 2.45) is 0 Å². The number of hydrogen-bond acceptors (Lipinski definition) is 4. The van der Waals surface area contributed by atoms with Gasteiger partial charge in [-0.2, -0.15) is 0 Å². The monoisotopic (exact) mass is 261 g/mol. The van der Waals surface area contributed by atoms with Crippen LogP contribution in [-0.4, -0.2) is 26.0 Å². The van der Waals surface area contributed by atoms with Gasteiger partial charge in [0.15, 0.2) is 9.84 Å². The molecule has 16 heavy (non-hydrogen) atoms. The van der Waals surface area contributed by atoms with Gasteiger partial charge in [-0.3, -0.25) is 0 Å². The molecule has 0 spiro atoms. The third kappa shape index (κ3) is 2.59. The fourth-order valence-corrected chi connectivity index (χ4v) is 3.40. The zero-order valence-electron chi connectivity index (χ0n) is 8.52. The molecule has 1 aliphatic rings. The van der Waals surface area contributed by atoms with Crippen molar-refractivity contribution in [3.63, 3.8) is 0 Å². The standard InChI is InChI=1S/C10H12ClNO3S/c11-7-1-2-9(12)10(5-7)15-8-3-4-16(13,14)6-8/h1-2,5,8H,3-4,6,12H2. The van der Waals surface area contributed by atoms with E-state index >= 15 is 0 Å². The molecule has 2 N–H and O–H groups in total. The molecule has 88 valence electrons. The Morgan fingerprint density at radius 2 is 2.19 bits per heavy atom. The van der Waals surface area contributed by atoms with E-state index in [1.54, 1.807) is 18.2 Å². The van der Waals surface area contributed by atoms with Crippen molar-refractivity contribution < 1.29 is 13.2 Å². The van der Waals surface area contributed by atoms with Crippen LogP contribution < -0.4 is 10.5 Å². The van der Waals surface area contributed by atoms with Gasteiger partial charge in [-0.05, 0) is 18.6 Å². The van der Waals surface area contributed by atoms with Crippen LogP contribution in [0, 0.1) is 0 Å². The van der Waals surface area contributed by atoms with Crippen LogP contribution in [0.2, 0.25) is 5.02 Å². The number of hydrogen-bond donors (Lipinski definition) is 1. The molecule has 1 unspecified atom stereocenters. The Kier molecular flexibility index (Phi) is 2.99. The van der Waals surface area contributed by atoms with Gasteiger partial charge in [-0.1, -0.05) is 11.6 Å². The second-order valence-corrected chi connectivity index (χ2v) is 6.49. The number of benzene rings is 1. The highest BCUT2D eigenvalue weighted by molar-refractivity contribution is 7.91. The minimum Gasteiger partial charge on any atom is -0.487 e. The maximum absolute atomic E-state index is 11.2. The van der Waals surface area contributed by atoms with E-state index in [0.717, 1.165) is 0 Å². The van der Waals surface area contributed by atoms with E-state index in [0.29, 0.717) is 22.9 Å². The molecule has 1 fully saturated rings. The van der Waals surface area contributed by atoms with Gasteiger partial charge in [-0.25, -0.2) is 8.42 Å². The Morgan fingerprint density at radius 3 is 2.81 bits per heavy atom. The predicted octanol–water partition coefficient (Wildman–Crippen LogP) is 1.49. The Balaban J connectivity index is 2.13. The molecule has 1 aromatic rings. The lowest BCUT2D eigenvalue weighted by molar-refractivity contribution is 0.230. The molecule has 0 amide bonds. The molecule has 1 aromatic carbocycles. The van der Waals surface area contributed by atoms with E-state index in [-0.39, 0.29) is 17.6 Å². The smallest absolute Gasteiger partial charge is 0.154 e. The van der Waals surface area contributed by atoms with Gasteiger partial charge in [0.1, 0.15) is 11.9 Å². The van der Waals surface area contributed by atoms with Gasteiger partial charge in [-0.15, -0.1) is 0 Å².